The molecule has 0 unspecified atom stereocenters. The van der Waals surface area contributed by atoms with Crippen LogP contribution >= 0.6 is 0 Å². The molecule has 4 N–H and O–H groups in total. The summed E-state index contributed by atoms with van der Waals surface area (Å²) in [5, 5.41) is 44.2. The van der Waals surface area contributed by atoms with E-state index < -0.39 is 17.6 Å². The van der Waals surface area contributed by atoms with Gasteiger partial charge in [-0.2, -0.15) is 0 Å². The molecule has 192 valence electrons. The van der Waals surface area contributed by atoms with Gasteiger partial charge in [0, 0.05) is 10.8 Å². The Morgan fingerprint density at radius 3 is 2.09 bits per heavy atom. The summed E-state index contributed by atoms with van der Waals surface area (Å²) in [5.41, 5.74) is 1.66. The summed E-state index contributed by atoms with van der Waals surface area (Å²) < 4.78 is 0. The van der Waals surface area contributed by atoms with Crippen LogP contribution in [0.1, 0.15) is 93.4 Å². The van der Waals surface area contributed by atoms with Crippen molar-refractivity contribution in [3.05, 3.63) is 23.3 Å². The Balaban J connectivity index is 1.66. The van der Waals surface area contributed by atoms with Crippen molar-refractivity contribution in [3.63, 3.8) is 0 Å². The van der Waals surface area contributed by atoms with Crippen molar-refractivity contribution in [2.24, 2.45) is 44.3 Å². The van der Waals surface area contributed by atoms with E-state index in [0.29, 0.717) is 18.8 Å². The summed E-state index contributed by atoms with van der Waals surface area (Å²) in [5.74, 6) is 0.504. The lowest BCUT2D eigenvalue weighted by atomic mass is 9.35. The van der Waals surface area contributed by atoms with E-state index in [-0.39, 0.29) is 45.7 Å². The molecule has 0 aromatic carbocycles. The third-order valence-electron chi connectivity index (χ3n) is 12.7. The molecule has 34 heavy (non-hydrogen) atoms. The minimum absolute atomic E-state index is 0.0409. The molecule has 4 heteroatoms. The summed E-state index contributed by atoms with van der Waals surface area (Å²) >= 11 is 0. The van der Waals surface area contributed by atoms with E-state index in [0.717, 1.165) is 32.1 Å². The molecule has 5 aliphatic rings. The van der Waals surface area contributed by atoms with Gasteiger partial charge < -0.3 is 20.4 Å². The minimum Gasteiger partial charge on any atom is -0.396 e. The molecule has 9 atom stereocenters. The fourth-order valence-corrected chi connectivity index (χ4v) is 10.0. The van der Waals surface area contributed by atoms with Crippen LogP contribution in [0.3, 0.4) is 0 Å². The van der Waals surface area contributed by atoms with Gasteiger partial charge in [0.25, 0.3) is 0 Å². The SMILES string of the molecule is CC1(C)C[C@H]2C3=CC=C4[C@@]5(C)CC[C@H](O)C(C)(C)[C@@H]5CC[C@@]4(C)[C@]3(C)C[C@@H](O)[C@@]2(CO)C[C@H]1O. The van der Waals surface area contributed by atoms with Gasteiger partial charge in [-0.05, 0) is 78.4 Å². The van der Waals surface area contributed by atoms with Crippen molar-refractivity contribution in [3.8, 4) is 0 Å². The van der Waals surface area contributed by atoms with Crippen molar-refractivity contribution in [1.29, 1.82) is 0 Å². The van der Waals surface area contributed by atoms with Crippen molar-refractivity contribution < 1.29 is 20.4 Å². The Labute approximate surface area is 206 Å². The predicted octanol–water partition coefficient (Wildman–Crippen LogP) is 5.00. The van der Waals surface area contributed by atoms with Crippen LogP contribution in [-0.2, 0) is 0 Å². The molecule has 0 radical (unpaired) electrons. The van der Waals surface area contributed by atoms with E-state index in [1.807, 2.05) is 0 Å². The normalized spacial score (nSPS) is 53.4. The number of hydrogen-bond donors (Lipinski definition) is 4. The zero-order valence-electron chi connectivity index (χ0n) is 22.5. The molecule has 0 heterocycles. The zero-order chi connectivity index (χ0) is 25.1. The molecular weight excluding hydrogens is 424 g/mol. The molecule has 4 saturated carbocycles. The quantitative estimate of drug-likeness (QED) is 0.433. The Bertz CT molecular complexity index is 932. The molecule has 4 fully saturated rings. The number of aliphatic hydroxyl groups excluding tert-OH is 4. The average molecular weight is 473 g/mol. The van der Waals surface area contributed by atoms with Crippen molar-refractivity contribution >= 4 is 0 Å². The maximum absolute atomic E-state index is 11.7. The molecule has 0 aliphatic heterocycles. The first-order chi connectivity index (χ1) is 15.6. The molecular formula is C30H48O4. The molecule has 5 aliphatic carbocycles. The van der Waals surface area contributed by atoms with E-state index in [2.05, 4.69) is 60.6 Å². The van der Waals surface area contributed by atoms with Crippen LogP contribution in [0, 0.1) is 44.3 Å². The van der Waals surface area contributed by atoms with Crippen LogP contribution in [0.25, 0.3) is 0 Å². The van der Waals surface area contributed by atoms with Crippen molar-refractivity contribution in [1.82, 2.24) is 0 Å². The standard InChI is InChI=1S/C30H48O4/c1-25(2)14-19-18-8-9-21-27(5)12-11-22(32)26(3,4)20(27)10-13-28(21,6)29(18,7)15-24(34)30(19,17-31)16-23(25)33/h8-9,19-20,22-24,31-34H,10-17H2,1-7H3/t19-,20-,22-,23+,24+,27-,28+,29+,30+/m0/s1. The molecule has 0 aromatic rings. The van der Waals surface area contributed by atoms with E-state index in [1.165, 1.54) is 11.1 Å². The largest absolute Gasteiger partial charge is 0.396 e. The topological polar surface area (TPSA) is 80.9 Å². The lowest BCUT2D eigenvalue weighted by Crippen LogP contribution is -2.65. The van der Waals surface area contributed by atoms with E-state index in [9.17, 15) is 20.4 Å². The summed E-state index contributed by atoms with van der Waals surface area (Å²) in [6.45, 7) is 15.9. The number of hydrogen-bond acceptors (Lipinski definition) is 4. The van der Waals surface area contributed by atoms with Gasteiger partial charge in [-0.15, -0.1) is 0 Å². The first kappa shape index (κ1) is 25.0. The summed E-state index contributed by atoms with van der Waals surface area (Å²) in [6.07, 6.45) is 9.22. The van der Waals surface area contributed by atoms with Crippen LogP contribution in [-0.4, -0.2) is 45.3 Å². The maximum atomic E-state index is 11.7. The number of rotatable bonds is 1. The smallest absolute Gasteiger partial charge is 0.0633 e. The van der Waals surface area contributed by atoms with Crippen LogP contribution in [0.4, 0.5) is 0 Å². The first-order valence-corrected chi connectivity index (χ1v) is 13.7. The summed E-state index contributed by atoms with van der Waals surface area (Å²) in [6, 6.07) is 0. The van der Waals surface area contributed by atoms with Gasteiger partial charge in [-0.25, -0.2) is 0 Å². The monoisotopic (exact) mass is 472 g/mol. The number of fused-ring (bicyclic) bond motifs is 7. The second-order valence-corrected chi connectivity index (χ2v) is 14.8. The summed E-state index contributed by atoms with van der Waals surface area (Å²) in [4.78, 5) is 0. The molecule has 0 amide bonds. The van der Waals surface area contributed by atoms with Crippen molar-refractivity contribution in [2.45, 2.75) is 112 Å². The summed E-state index contributed by atoms with van der Waals surface area (Å²) in [7, 11) is 0. The van der Waals surface area contributed by atoms with E-state index in [4.69, 9.17) is 0 Å². The van der Waals surface area contributed by atoms with E-state index in [1.54, 1.807) is 0 Å². The second-order valence-electron chi connectivity index (χ2n) is 14.8. The van der Waals surface area contributed by atoms with Gasteiger partial charge in [0.1, 0.15) is 0 Å². The van der Waals surface area contributed by atoms with E-state index >= 15 is 0 Å². The highest BCUT2D eigenvalue weighted by Crippen LogP contribution is 2.74. The van der Waals surface area contributed by atoms with Gasteiger partial charge in [0.15, 0.2) is 0 Å². The molecule has 0 aromatic heterocycles. The third kappa shape index (κ3) is 2.80. The predicted molar refractivity (Wildman–Crippen MR) is 135 cm³/mol. The fraction of sp³-hybridized carbons (Fsp3) is 0.867. The maximum Gasteiger partial charge on any atom is 0.0633 e. The highest BCUT2D eigenvalue weighted by molar-refractivity contribution is 5.46. The van der Waals surface area contributed by atoms with Crippen LogP contribution in [0.2, 0.25) is 0 Å². The molecule has 4 nitrogen and oxygen atoms in total. The number of allylic oxidation sites excluding steroid dienone is 4. The number of aliphatic hydroxyl groups is 4. The van der Waals surface area contributed by atoms with Gasteiger partial charge >= 0.3 is 0 Å². The molecule has 0 bridgehead atoms. The van der Waals surface area contributed by atoms with Gasteiger partial charge in [-0.1, -0.05) is 71.8 Å². The second kappa shape index (κ2) is 7.21. The Hall–Kier alpha value is -0.680. The van der Waals surface area contributed by atoms with Gasteiger partial charge in [0.05, 0.1) is 24.9 Å². The van der Waals surface area contributed by atoms with Crippen LogP contribution < -0.4 is 0 Å². The highest BCUT2D eigenvalue weighted by atomic mass is 16.3. The van der Waals surface area contributed by atoms with Crippen LogP contribution in [0.15, 0.2) is 23.3 Å². The van der Waals surface area contributed by atoms with Gasteiger partial charge in [-0.3, -0.25) is 0 Å². The fourth-order valence-electron chi connectivity index (χ4n) is 10.0. The Morgan fingerprint density at radius 1 is 0.765 bits per heavy atom. The van der Waals surface area contributed by atoms with Gasteiger partial charge in [0.2, 0.25) is 0 Å². The Morgan fingerprint density at radius 2 is 1.44 bits per heavy atom. The lowest BCUT2D eigenvalue weighted by Gasteiger charge is -2.69. The Kier molecular flexibility index (Phi) is 5.30. The third-order valence-corrected chi connectivity index (χ3v) is 12.7. The zero-order valence-corrected chi connectivity index (χ0v) is 22.5. The highest BCUT2D eigenvalue weighted by Gasteiger charge is 2.68. The molecule has 0 spiro atoms. The minimum atomic E-state index is -0.667. The first-order valence-electron chi connectivity index (χ1n) is 13.7. The van der Waals surface area contributed by atoms with Crippen molar-refractivity contribution in [2.75, 3.05) is 6.61 Å². The lowest BCUT2D eigenvalue weighted by molar-refractivity contribution is -0.185. The average Bonchev–Trinajstić information content (AvgIpc) is 2.73. The molecule has 5 rings (SSSR count). The van der Waals surface area contributed by atoms with Crippen LogP contribution in [0.5, 0.6) is 0 Å². The molecule has 0 saturated heterocycles.